The van der Waals surface area contributed by atoms with Crippen LogP contribution in [0.5, 0.6) is 5.75 Å². The van der Waals surface area contributed by atoms with E-state index >= 15 is 0 Å². The molecule has 4 heteroatoms. The SMILES string of the molecule is [O]c1cc(I)c(I)c(I)c1. The predicted octanol–water partition coefficient (Wildman–Crippen LogP) is 3.64. The number of rotatable bonds is 0. The molecule has 0 N–H and O–H groups in total. The molecule has 10 heavy (non-hydrogen) atoms. The van der Waals surface area contributed by atoms with Crippen molar-refractivity contribution in [3.63, 3.8) is 0 Å². The molecule has 0 aliphatic rings. The summed E-state index contributed by atoms with van der Waals surface area (Å²) in [4.78, 5) is 0. The largest absolute Gasteiger partial charge is 0.290 e. The minimum absolute atomic E-state index is 0.0919. The Morgan fingerprint density at radius 3 is 1.80 bits per heavy atom. The van der Waals surface area contributed by atoms with Gasteiger partial charge in [-0.05, 0) is 79.9 Å². The maximum Gasteiger partial charge on any atom is 0.180 e. The summed E-state index contributed by atoms with van der Waals surface area (Å²) >= 11 is 6.56. The van der Waals surface area contributed by atoms with E-state index in [0.29, 0.717) is 0 Å². The first-order chi connectivity index (χ1) is 4.61. The van der Waals surface area contributed by atoms with Crippen LogP contribution in [0.3, 0.4) is 0 Å². The molecule has 0 atom stereocenters. The molecule has 0 heterocycles. The first-order valence-corrected chi connectivity index (χ1v) is 5.66. The Morgan fingerprint density at radius 1 is 1.00 bits per heavy atom. The summed E-state index contributed by atoms with van der Waals surface area (Å²) in [6, 6.07) is 3.29. The third-order valence-electron chi connectivity index (χ3n) is 0.957. The lowest BCUT2D eigenvalue weighted by Crippen LogP contribution is -1.82. The fourth-order valence-electron chi connectivity index (χ4n) is 0.532. The van der Waals surface area contributed by atoms with Gasteiger partial charge in [-0.2, -0.15) is 0 Å². The van der Waals surface area contributed by atoms with E-state index in [0.717, 1.165) is 7.14 Å². The maximum absolute atomic E-state index is 10.9. The Labute approximate surface area is 100 Å². The molecule has 1 radical (unpaired) electrons. The van der Waals surface area contributed by atoms with Crippen LogP contribution in [0.2, 0.25) is 0 Å². The fraction of sp³-hybridized carbons (Fsp3) is 0. The third kappa shape index (κ3) is 2.10. The van der Waals surface area contributed by atoms with E-state index in [1.807, 2.05) is 0 Å². The topological polar surface area (TPSA) is 19.9 Å². The van der Waals surface area contributed by atoms with Crippen molar-refractivity contribution < 1.29 is 5.11 Å². The van der Waals surface area contributed by atoms with Crippen molar-refractivity contribution in [1.29, 1.82) is 0 Å². The molecule has 0 aromatic heterocycles. The second-order valence-corrected chi connectivity index (χ2v) is 5.10. The first kappa shape index (κ1) is 9.30. The van der Waals surface area contributed by atoms with Crippen molar-refractivity contribution in [1.82, 2.24) is 0 Å². The summed E-state index contributed by atoms with van der Waals surface area (Å²) in [6.45, 7) is 0. The van der Waals surface area contributed by atoms with Crippen LogP contribution in [-0.2, 0) is 5.11 Å². The lowest BCUT2D eigenvalue weighted by molar-refractivity contribution is 0.354. The molecular formula is C6H2I3O. The summed E-state index contributed by atoms with van der Waals surface area (Å²) in [6.07, 6.45) is 0. The van der Waals surface area contributed by atoms with Gasteiger partial charge in [0, 0.05) is 10.7 Å². The predicted molar refractivity (Wildman–Crippen MR) is 64.7 cm³/mol. The van der Waals surface area contributed by atoms with Crippen molar-refractivity contribution >= 4 is 67.8 Å². The van der Waals surface area contributed by atoms with E-state index in [4.69, 9.17) is 0 Å². The number of benzene rings is 1. The summed E-state index contributed by atoms with van der Waals surface area (Å²) in [5.74, 6) is 0.0919. The van der Waals surface area contributed by atoms with Crippen LogP contribution in [-0.4, -0.2) is 0 Å². The molecule has 0 spiro atoms. The molecule has 0 aliphatic heterocycles. The average molecular weight is 471 g/mol. The van der Waals surface area contributed by atoms with Crippen molar-refractivity contribution in [2.75, 3.05) is 0 Å². The Hall–Kier alpha value is 1.21. The molecule has 0 saturated heterocycles. The van der Waals surface area contributed by atoms with Gasteiger partial charge in [0.15, 0.2) is 5.75 Å². The average Bonchev–Trinajstić information content (AvgIpc) is 1.82. The highest BCUT2D eigenvalue weighted by Crippen LogP contribution is 2.25. The highest BCUT2D eigenvalue weighted by Gasteiger charge is 2.03. The van der Waals surface area contributed by atoms with Crippen LogP contribution < -0.4 is 0 Å². The lowest BCUT2D eigenvalue weighted by atomic mass is 10.3. The van der Waals surface area contributed by atoms with Crippen LogP contribution in [0.25, 0.3) is 0 Å². The molecular weight excluding hydrogens is 469 g/mol. The fourth-order valence-corrected chi connectivity index (χ4v) is 2.55. The molecule has 1 aromatic rings. The van der Waals surface area contributed by atoms with Crippen LogP contribution in [0.15, 0.2) is 12.1 Å². The number of hydrogen-bond donors (Lipinski definition) is 0. The Bertz CT molecular complexity index is 236. The summed E-state index contributed by atoms with van der Waals surface area (Å²) < 4.78 is 3.24. The van der Waals surface area contributed by atoms with Gasteiger partial charge in [0.1, 0.15) is 0 Å². The molecule has 0 amide bonds. The second kappa shape index (κ2) is 3.74. The molecule has 0 fully saturated rings. The van der Waals surface area contributed by atoms with Gasteiger partial charge in [-0.3, -0.25) is 5.11 Å². The van der Waals surface area contributed by atoms with Crippen LogP contribution in [0.4, 0.5) is 0 Å². The first-order valence-electron chi connectivity index (χ1n) is 2.43. The van der Waals surface area contributed by atoms with E-state index in [-0.39, 0.29) is 5.75 Å². The summed E-state index contributed by atoms with van der Waals surface area (Å²) in [5, 5.41) is 10.9. The van der Waals surface area contributed by atoms with Gasteiger partial charge >= 0.3 is 0 Å². The Kier molecular flexibility index (Phi) is 3.48. The number of halogens is 3. The summed E-state index contributed by atoms with van der Waals surface area (Å²) in [5.41, 5.74) is 0. The van der Waals surface area contributed by atoms with Crippen molar-refractivity contribution in [2.45, 2.75) is 0 Å². The van der Waals surface area contributed by atoms with Gasteiger partial charge in [-0.15, -0.1) is 0 Å². The van der Waals surface area contributed by atoms with Gasteiger partial charge in [0.05, 0.1) is 0 Å². The molecule has 0 saturated carbocycles. The van der Waals surface area contributed by atoms with Crippen LogP contribution >= 0.6 is 67.8 Å². The molecule has 1 rings (SSSR count). The zero-order chi connectivity index (χ0) is 7.72. The van der Waals surface area contributed by atoms with Gasteiger partial charge in [0.25, 0.3) is 0 Å². The zero-order valence-corrected chi connectivity index (χ0v) is 11.2. The lowest BCUT2D eigenvalue weighted by Gasteiger charge is -1.97. The monoisotopic (exact) mass is 471 g/mol. The van der Waals surface area contributed by atoms with Gasteiger partial charge in [0.2, 0.25) is 0 Å². The van der Waals surface area contributed by atoms with E-state index in [2.05, 4.69) is 67.8 Å². The van der Waals surface area contributed by atoms with Gasteiger partial charge < -0.3 is 0 Å². The highest BCUT2D eigenvalue weighted by molar-refractivity contribution is 14.1. The Morgan fingerprint density at radius 2 is 1.40 bits per heavy atom. The zero-order valence-electron chi connectivity index (χ0n) is 4.70. The second-order valence-electron chi connectivity index (χ2n) is 1.70. The van der Waals surface area contributed by atoms with Crippen LogP contribution in [0, 0.1) is 10.7 Å². The number of hydrogen-bond acceptors (Lipinski definition) is 0. The van der Waals surface area contributed by atoms with Gasteiger partial charge in [-0.1, -0.05) is 0 Å². The van der Waals surface area contributed by atoms with E-state index in [1.54, 1.807) is 12.1 Å². The van der Waals surface area contributed by atoms with E-state index < -0.39 is 0 Å². The van der Waals surface area contributed by atoms with E-state index in [1.165, 1.54) is 3.57 Å². The normalized spacial score (nSPS) is 9.90. The Balaban J connectivity index is 3.31. The molecule has 0 aliphatic carbocycles. The van der Waals surface area contributed by atoms with Crippen molar-refractivity contribution in [3.8, 4) is 5.75 Å². The van der Waals surface area contributed by atoms with Crippen molar-refractivity contribution in [2.24, 2.45) is 0 Å². The van der Waals surface area contributed by atoms with Gasteiger partial charge in [-0.25, -0.2) is 0 Å². The molecule has 0 unspecified atom stereocenters. The standard InChI is InChI=1S/C6H2I3O/c7-4-1-3(10)2-5(8)6(4)9/h1-2H. The third-order valence-corrected chi connectivity index (χ3v) is 5.89. The molecule has 53 valence electrons. The maximum atomic E-state index is 10.9. The quantitative estimate of drug-likeness (QED) is 0.408. The van der Waals surface area contributed by atoms with E-state index in [9.17, 15) is 5.11 Å². The van der Waals surface area contributed by atoms with Crippen molar-refractivity contribution in [3.05, 3.63) is 22.8 Å². The molecule has 1 nitrogen and oxygen atoms in total. The molecule has 0 bridgehead atoms. The molecule has 1 aromatic carbocycles. The minimum Gasteiger partial charge on any atom is -0.290 e. The minimum atomic E-state index is 0.0919. The smallest absolute Gasteiger partial charge is 0.180 e. The highest BCUT2D eigenvalue weighted by atomic mass is 127. The van der Waals surface area contributed by atoms with Crippen LogP contribution in [0.1, 0.15) is 0 Å². The summed E-state index contributed by atoms with van der Waals surface area (Å²) in [7, 11) is 0.